The minimum Gasteiger partial charge on any atom is -0.397 e. The van der Waals surface area contributed by atoms with Gasteiger partial charge < -0.3 is 15.8 Å². The lowest BCUT2D eigenvalue weighted by molar-refractivity contribution is 0.103. The number of hydrogen-bond donors (Lipinski definition) is 2. The first-order valence-electron chi connectivity index (χ1n) is 7.65. The van der Waals surface area contributed by atoms with Gasteiger partial charge in [-0.1, -0.05) is 0 Å². The molecule has 0 spiro atoms. The van der Waals surface area contributed by atoms with Crippen LogP contribution in [0.25, 0.3) is 10.2 Å². The molecule has 0 aliphatic rings. The number of aryl methyl sites for hydroxylation is 2. The van der Waals surface area contributed by atoms with Crippen LogP contribution in [0.4, 0.5) is 11.4 Å². The van der Waals surface area contributed by atoms with E-state index in [1.807, 2.05) is 38.1 Å². The molecule has 1 amide bonds. The maximum atomic E-state index is 12.8. The highest BCUT2D eigenvalue weighted by atomic mass is 127. The highest BCUT2D eigenvalue weighted by Crippen LogP contribution is 2.36. The number of nitrogens with one attached hydrogen (secondary N) is 1. The Balaban J connectivity index is 2.02. The molecular weight excluding hydrogens is 449 g/mol. The predicted molar refractivity (Wildman–Crippen MR) is 111 cm³/mol. The van der Waals surface area contributed by atoms with Gasteiger partial charge in [0, 0.05) is 27.4 Å². The Hall–Kier alpha value is -1.71. The zero-order valence-corrected chi connectivity index (χ0v) is 17.1. The Kier molecular flexibility index (Phi) is 5.26. The summed E-state index contributed by atoms with van der Waals surface area (Å²) in [6.45, 7) is 4.31. The minimum atomic E-state index is -0.217. The summed E-state index contributed by atoms with van der Waals surface area (Å²) >= 11 is 3.55. The van der Waals surface area contributed by atoms with Crippen LogP contribution in [0.1, 0.15) is 26.5 Å². The number of aromatic nitrogens is 1. The number of halogens is 1. The molecule has 130 valence electrons. The van der Waals surface area contributed by atoms with Gasteiger partial charge in [-0.25, -0.2) is 4.98 Å². The van der Waals surface area contributed by atoms with Crippen LogP contribution in [0.5, 0.6) is 0 Å². The van der Waals surface area contributed by atoms with Gasteiger partial charge in [-0.3, -0.25) is 4.79 Å². The fraction of sp³-hybridized carbons (Fsp3) is 0.222. The third kappa shape index (κ3) is 3.63. The number of carbonyl (C=O) groups is 1. The van der Waals surface area contributed by atoms with E-state index in [0.29, 0.717) is 17.2 Å². The number of hydrogen-bond acceptors (Lipinski definition) is 5. The molecule has 25 heavy (non-hydrogen) atoms. The number of anilines is 2. The van der Waals surface area contributed by atoms with Crippen molar-refractivity contribution in [1.29, 1.82) is 0 Å². The van der Waals surface area contributed by atoms with Crippen LogP contribution in [0.15, 0.2) is 24.3 Å². The van der Waals surface area contributed by atoms with Crippen molar-refractivity contribution in [1.82, 2.24) is 4.98 Å². The zero-order chi connectivity index (χ0) is 18.1. The second-order valence-corrected chi connectivity index (χ2v) is 8.04. The van der Waals surface area contributed by atoms with Crippen molar-refractivity contribution in [3.8, 4) is 0 Å². The van der Waals surface area contributed by atoms with Gasteiger partial charge in [-0.05, 0) is 71.8 Å². The van der Waals surface area contributed by atoms with E-state index >= 15 is 0 Å². The van der Waals surface area contributed by atoms with Gasteiger partial charge in [0.1, 0.15) is 9.71 Å². The minimum absolute atomic E-state index is 0.217. The first-order chi connectivity index (χ1) is 11.9. The van der Waals surface area contributed by atoms with Crippen LogP contribution >= 0.6 is 33.9 Å². The zero-order valence-electron chi connectivity index (χ0n) is 14.1. The molecule has 0 atom stereocenters. The summed E-state index contributed by atoms with van der Waals surface area (Å²) < 4.78 is 6.38. The molecule has 3 rings (SSSR count). The van der Waals surface area contributed by atoms with Crippen LogP contribution in [-0.2, 0) is 11.3 Å². The molecule has 2 heterocycles. The lowest BCUT2D eigenvalue weighted by Gasteiger charge is -2.08. The van der Waals surface area contributed by atoms with Crippen molar-refractivity contribution in [2.24, 2.45) is 0 Å². The first-order valence-corrected chi connectivity index (χ1v) is 9.55. The average Bonchev–Trinajstić information content (AvgIpc) is 2.87. The van der Waals surface area contributed by atoms with Crippen molar-refractivity contribution in [3.05, 3.63) is 49.5 Å². The molecule has 0 saturated heterocycles. The largest absolute Gasteiger partial charge is 0.397 e. The molecule has 1 aromatic carbocycles. The Morgan fingerprint density at radius 3 is 2.80 bits per heavy atom. The molecule has 0 aliphatic heterocycles. The molecule has 0 radical (unpaired) electrons. The molecule has 0 unspecified atom stereocenters. The van der Waals surface area contributed by atoms with E-state index in [1.54, 1.807) is 7.11 Å². The summed E-state index contributed by atoms with van der Waals surface area (Å²) in [5.41, 5.74) is 10.4. The van der Waals surface area contributed by atoms with Crippen LogP contribution in [0, 0.1) is 17.4 Å². The van der Waals surface area contributed by atoms with Crippen molar-refractivity contribution in [2.75, 3.05) is 18.2 Å². The maximum absolute atomic E-state index is 12.8. The Bertz CT molecular complexity index is 969. The fourth-order valence-electron chi connectivity index (χ4n) is 2.72. The number of pyridine rings is 1. The summed E-state index contributed by atoms with van der Waals surface area (Å²) in [4.78, 5) is 18.5. The Labute approximate surface area is 163 Å². The molecule has 0 bridgehead atoms. The molecule has 3 aromatic rings. The monoisotopic (exact) mass is 467 g/mol. The Morgan fingerprint density at radius 1 is 1.36 bits per heavy atom. The first kappa shape index (κ1) is 18.1. The van der Waals surface area contributed by atoms with Gasteiger partial charge in [0.2, 0.25) is 0 Å². The van der Waals surface area contributed by atoms with E-state index in [2.05, 4.69) is 32.9 Å². The number of nitrogen functional groups attached to an aromatic ring is 1. The standard InChI is InChI=1S/C18H18IN3O2S/c1-9-6-12(19)4-5-13(9)22-17(23)16-15(20)14-11(8-24-3)7-10(2)21-18(14)25-16/h4-7H,8,20H2,1-3H3,(H,22,23). The van der Waals surface area contributed by atoms with Crippen LogP contribution in [0.2, 0.25) is 0 Å². The number of rotatable bonds is 4. The molecule has 0 aliphatic carbocycles. The highest BCUT2D eigenvalue weighted by molar-refractivity contribution is 14.1. The van der Waals surface area contributed by atoms with Crippen molar-refractivity contribution in [3.63, 3.8) is 0 Å². The van der Waals surface area contributed by atoms with Gasteiger partial charge in [0.25, 0.3) is 5.91 Å². The maximum Gasteiger partial charge on any atom is 0.267 e. The lowest BCUT2D eigenvalue weighted by Crippen LogP contribution is -2.13. The number of benzene rings is 1. The Morgan fingerprint density at radius 2 is 2.12 bits per heavy atom. The smallest absolute Gasteiger partial charge is 0.267 e. The van der Waals surface area contributed by atoms with Crippen LogP contribution in [0.3, 0.4) is 0 Å². The number of carbonyl (C=O) groups excluding carboxylic acids is 1. The SMILES string of the molecule is COCc1cc(C)nc2sc(C(=O)Nc3ccc(I)cc3C)c(N)c12. The molecule has 5 nitrogen and oxygen atoms in total. The third-order valence-electron chi connectivity index (χ3n) is 3.85. The third-order valence-corrected chi connectivity index (χ3v) is 5.62. The molecule has 2 aromatic heterocycles. The van der Waals surface area contributed by atoms with Gasteiger partial charge in [0.15, 0.2) is 0 Å². The number of nitrogens with zero attached hydrogens (tertiary/aromatic N) is 1. The number of fused-ring (bicyclic) bond motifs is 1. The van der Waals surface area contributed by atoms with Gasteiger partial charge in [-0.15, -0.1) is 11.3 Å². The lowest BCUT2D eigenvalue weighted by atomic mass is 10.1. The molecule has 7 heteroatoms. The van der Waals surface area contributed by atoms with Crippen LogP contribution < -0.4 is 11.1 Å². The van der Waals surface area contributed by atoms with E-state index in [-0.39, 0.29) is 5.91 Å². The molecular formula is C18H18IN3O2S. The van der Waals surface area contributed by atoms with Crippen molar-refractivity contribution < 1.29 is 9.53 Å². The number of ether oxygens (including phenoxy) is 1. The topological polar surface area (TPSA) is 77.2 Å². The number of thiophene rings is 1. The van der Waals surface area contributed by atoms with E-state index in [4.69, 9.17) is 10.5 Å². The second-order valence-electron chi connectivity index (χ2n) is 5.79. The molecule has 3 N–H and O–H groups in total. The van der Waals surface area contributed by atoms with E-state index in [0.717, 1.165) is 36.3 Å². The summed E-state index contributed by atoms with van der Waals surface area (Å²) in [6.07, 6.45) is 0. The number of amides is 1. The van der Waals surface area contributed by atoms with Crippen molar-refractivity contribution in [2.45, 2.75) is 20.5 Å². The van der Waals surface area contributed by atoms with Gasteiger partial charge in [-0.2, -0.15) is 0 Å². The molecule has 0 saturated carbocycles. The summed E-state index contributed by atoms with van der Waals surface area (Å²) in [5.74, 6) is -0.217. The average molecular weight is 467 g/mol. The van der Waals surface area contributed by atoms with Crippen molar-refractivity contribution >= 4 is 61.4 Å². The quantitative estimate of drug-likeness (QED) is 0.554. The molecule has 0 fully saturated rings. The summed E-state index contributed by atoms with van der Waals surface area (Å²) in [6, 6.07) is 7.82. The number of nitrogens with two attached hydrogens (primary N) is 1. The van der Waals surface area contributed by atoms with Crippen LogP contribution in [-0.4, -0.2) is 18.0 Å². The fourth-order valence-corrected chi connectivity index (χ4v) is 4.45. The normalized spacial score (nSPS) is 11.0. The second kappa shape index (κ2) is 7.27. The number of methoxy groups -OCH3 is 1. The van der Waals surface area contributed by atoms with E-state index in [1.165, 1.54) is 11.3 Å². The van der Waals surface area contributed by atoms with E-state index < -0.39 is 0 Å². The van der Waals surface area contributed by atoms with Gasteiger partial charge in [0.05, 0.1) is 12.3 Å². The predicted octanol–water partition coefficient (Wildman–Crippen LogP) is 4.50. The van der Waals surface area contributed by atoms with Gasteiger partial charge >= 0.3 is 0 Å². The van der Waals surface area contributed by atoms with E-state index in [9.17, 15) is 4.79 Å². The summed E-state index contributed by atoms with van der Waals surface area (Å²) in [5, 5.41) is 3.76. The highest BCUT2D eigenvalue weighted by Gasteiger charge is 2.20. The summed E-state index contributed by atoms with van der Waals surface area (Å²) in [7, 11) is 1.64.